The van der Waals surface area contributed by atoms with Crippen molar-refractivity contribution >= 4 is 5.95 Å². The van der Waals surface area contributed by atoms with Crippen LogP contribution in [0.15, 0.2) is 0 Å². The molecule has 1 aliphatic heterocycles. The Morgan fingerprint density at radius 2 is 1.89 bits per heavy atom. The van der Waals surface area contributed by atoms with Gasteiger partial charge in [0.2, 0.25) is 5.95 Å². The largest absolute Gasteiger partial charge is 0.338 e. The minimum absolute atomic E-state index is 0.601. The third-order valence-electron chi connectivity index (χ3n) is 3.67. The van der Waals surface area contributed by atoms with Crippen LogP contribution in [-0.4, -0.2) is 53.3 Å². The highest BCUT2D eigenvalue weighted by atomic mass is 15.3. The fourth-order valence-corrected chi connectivity index (χ4v) is 2.41. The lowest BCUT2D eigenvalue weighted by atomic mass is 10.2. The second-order valence-electron chi connectivity index (χ2n) is 5.06. The lowest BCUT2D eigenvalue weighted by Gasteiger charge is -2.20. The molecule has 1 atom stereocenters. The van der Waals surface area contributed by atoms with Crippen molar-refractivity contribution in [1.82, 2.24) is 20.1 Å². The predicted molar refractivity (Wildman–Crippen MR) is 72.9 cm³/mol. The average molecular weight is 249 g/mol. The minimum atomic E-state index is 0.601. The standard InChI is InChI=1S/C13H23N5/c1-5-11-12(6-2)15-16-13(14-11)18-8-7-10(9-18)17(3)4/h10H,5-9H2,1-4H3. The number of likely N-dealkylation sites (N-methyl/N-ethyl adjacent to an activating group) is 1. The number of rotatable bonds is 4. The number of nitrogens with zero attached hydrogens (tertiary/aromatic N) is 5. The van der Waals surface area contributed by atoms with Crippen LogP contribution in [0.3, 0.4) is 0 Å². The zero-order valence-corrected chi connectivity index (χ0v) is 11.8. The van der Waals surface area contributed by atoms with Gasteiger partial charge in [-0.2, -0.15) is 5.10 Å². The lowest BCUT2D eigenvalue weighted by molar-refractivity contribution is 0.315. The second-order valence-corrected chi connectivity index (χ2v) is 5.06. The van der Waals surface area contributed by atoms with E-state index in [1.165, 1.54) is 6.42 Å². The smallest absolute Gasteiger partial charge is 0.245 e. The summed E-state index contributed by atoms with van der Waals surface area (Å²) >= 11 is 0. The molecule has 1 aliphatic rings. The maximum Gasteiger partial charge on any atom is 0.245 e. The van der Waals surface area contributed by atoms with E-state index in [0.717, 1.165) is 43.3 Å². The Bertz CT molecular complexity index is 404. The molecule has 0 amide bonds. The Balaban J connectivity index is 2.15. The molecule has 1 unspecified atom stereocenters. The highest BCUT2D eigenvalue weighted by molar-refractivity contribution is 5.32. The van der Waals surface area contributed by atoms with Crippen LogP contribution in [0.4, 0.5) is 5.95 Å². The summed E-state index contributed by atoms with van der Waals surface area (Å²) < 4.78 is 0. The quantitative estimate of drug-likeness (QED) is 0.800. The molecule has 2 rings (SSSR count). The SMILES string of the molecule is CCc1nnc(N2CCC(N(C)C)C2)nc1CC. The summed E-state index contributed by atoms with van der Waals surface area (Å²) in [6.07, 6.45) is 3.01. The number of aromatic nitrogens is 3. The predicted octanol–water partition coefficient (Wildman–Crippen LogP) is 1.14. The summed E-state index contributed by atoms with van der Waals surface area (Å²) in [6.45, 7) is 6.25. The van der Waals surface area contributed by atoms with E-state index < -0.39 is 0 Å². The van der Waals surface area contributed by atoms with E-state index in [1.54, 1.807) is 0 Å². The molecule has 0 aromatic carbocycles. The van der Waals surface area contributed by atoms with Crippen molar-refractivity contribution in [2.24, 2.45) is 0 Å². The molecule has 0 spiro atoms. The van der Waals surface area contributed by atoms with Crippen LogP contribution in [0.2, 0.25) is 0 Å². The third-order valence-corrected chi connectivity index (χ3v) is 3.67. The van der Waals surface area contributed by atoms with Crippen LogP contribution in [0.1, 0.15) is 31.7 Å². The second kappa shape index (κ2) is 5.61. The van der Waals surface area contributed by atoms with E-state index in [-0.39, 0.29) is 0 Å². The molecule has 0 bridgehead atoms. The molecule has 18 heavy (non-hydrogen) atoms. The van der Waals surface area contributed by atoms with E-state index in [9.17, 15) is 0 Å². The summed E-state index contributed by atoms with van der Waals surface area (Å²) in [5, 5.41) is 8.59. The van der Waals surface area contributed by atoms with E-state index in [0.29, 0.717) is 6.04 Å². The Labute approximate surface area is 109 Å². The molecular weight excluding hydrogens is 226 g/mol. The summed E-state index contributed by atoms with van der Waals surface area (Å²) in [4.78, 5) is 9.19. The van der Waals surface area contributed by atoms with Crippen molar-refractivity contribution in [3.8, 4) is 0 Å². The first kappa shape index (κ1) is 13.2. The van der Waals surface area contributed by atoms with Gasteiger partial charge in [0.15, 0.2) is 0 Å². The zero-order valence-electron chi connectivity index (χ0n) is 11.8. The summed E-state index contributed by atoms with van der Waals surface area (Å²) in [7, 11) is 4.26. The zero-order chi connectivity index (χ0) is 13.1. The number of aryl methyl sites for hydroxylation is 2. The van der Waals surface area contributed by atoms with Crippen molar-refractivity contribution in [2.75, 3.05) is 32.1 Å². The van der Waals surface area contributed by atoms with Gasteiger partial charge in [-0.05, 0) is 33.4 Å². The Hall–Kier alpha value is -1.23. The number of hydrogen-bond acceptors (Lipinski definition) is 5. The van der Waals surface area contributed by atoms with Gasteiger partial charge >= 0.3 is 0 Å². The lowest BCUT2D eigenvalue weighted by Crippen LogP contribution is -2.32. The Morgan fingerprint density at radius 1 is 1.17 bits per heavy atom. The average Bonchev–Trinajstić information content (AvgIpc) is 2.87. The van der Waals surface area contributed by atoms with Gasteiger partial charge < -0.3 is 9.80 Å². The van der Waals surface area contributed by atoms with Crippen molar-refractivity contribution in [2.45, 2.75) is 39.2 Å². The van der Waals surface area contributed by atoms with E-state index >= 15 is 0 Å². The molecule has 0 saturated carbocycles. The molecule has 1 saturated heterocycles. The molecule has 2 heterocycles. The first-order chi connectivity index (χ1) is 8.65. The van der Waals surface area contributed by atoms with Crippen LogP contribution in [0, 0.1) is 0 Å². The summed E-state index contributed by atoms with van der Waals surface area (Å²) in [5.74, 6) is 0.799. The summed E-state index contributed by atoms with van der Waals surface area (Å²) in [6, 6.07) is 0.601. The van der Waals surface area contributed by atoms with Crippen LogP contribution >= 0.6 is 0 Å². The molecular formula is C13H23N5. The molecule has 0 aliphatic carbocycles. The monoisotopic (exact) mass is 249 g/mol. The van der Waals surface area contributed by atoms with Crippen LogP contribution < -0.4 is 4.90 Å². The molecule has 100 valence electrons. The molecule has 1 aromatic heterocycles. The molecule has 1 aromatic rings. The van der Waals surface area contributed by atoms with Crippen molar-refractivity contribution in [3.05, 3.63) is 11.4 Å². The fourth-order valence-electron chi connectivity index (χ4n) is 2.41. The van der Waals surface area contributed by atoms with Gasteiger partial charge in [-0.25, -0.2) is 4.98 Å². The molecule has 0 N–H and O–H groups in total. The van der Waals surface area contributed by atoms with Gasteiger partial charge in [-0.3, -0.25) is 0 Å². The van der Waals surface area contributed by atoms with Gasteiger partial charge in [0.1, 0.15) is 0 Å². The maximum atomic E-state index is 4.67. The normalized spacial score (nSPS) is 19.8. The van der Waals surface area contributed by atoms with Gasteiger partial charge in [-0.1, -0.05) is 13.8 Å². The van der Waals surface area contributed by atoms with Crippen LogP contribution in [0.25, 0.3) is 0 Å². The van der Waals surface area contributed by atoms with E-state index in [2.05, 4.69) is 52.9 Å². The van der Waals surface area contributed by atoms with Crippen LogP contribution in [-0.2, 0) is 12.8 Å². The first-order valence-electron chi connectivity index (χ1n) is 6.79. The van der Waals surface area contributed by atoms with E-state index in [4.69, 9.17) is 0 Å². The molecule has 5 nitrogen and oxygen atoms in total. The van der Waals surface area contributed by atoms with Crippen LogP contribution in [0.5, 0.6) is 0 Å². The van der Waals surface area contributed by atoms with Crippen molar-refractivity contribution < 1.29 is 0 Å². The van der Waals surface area contributed by atoms with Gasteiger partial charge in [-0.15, -0.1) is 5.10 Å². The first-order valence-corrected chi connectivity index (χ1v) is 6.79. The highest BCUT2D eigenvalue weighted by Crippen LogP contribution is 2.19. The fraction of sp³-hybridized carbons (Fsp3) is 0.769. The molecule has 0 radical (unpaired) electrons. The van der Waals surface area contributed by atoms with Gasteiger partial charge in [0.25, 0.3) is 0 Å². The Morgan fingerprint density at radius 3 is 2.44 bits per heavy atom. The Kier molecular flexibility index (Phi) is 4.11. The van der Waals surface area contributed by atoms with Crippen molar-refractivity contribution in [3.63, 3.8) is 0 Å². The van der Waals surface area contributed by atoms with E-state index in [1.807, 2.05) is 0 Å². The van der Waals surface area contributed by atoms with Gasteiger partial charge in [0.05, 0.1) is 11.4 Å². The summed E-state index contributed by atoms with van der Waals surface area (Å²) in [5.41, 5.74) is 2.13. The third kappa shape index (κ3) is 2.61. The minimum Gasteiger partial charge on any atom is -0.338 e. The maximum absolute atomic E-state index is 4.67. The number of anilines is 1. The highest BCUT2D eigenvalue weighted by Gasteiger charge is 2.26. The topological polar surface area (TPSA) is 45.2 Å². The molecule has 5 heteroatoms. The number of hydrogen-bond donors (Lipinski definition) is 0. The van der Waals surface area contributed by atoms with Crippen molar-refractivity contribution in [1.29, 1.82) is 0 Å². The molecule has 1 fully saturated rings. The van der Waals surface area contributed by atoms with Gasteiger partial charge in [0, 0.05) is 19.1 Å².